The van der Waals surface area contributed by atoms with E-state index in [1.54, 1.807) is 13.8 Å². The Balaban J connectivity index is -0.00000193. The molecule has 0 aliphatic carbocycles. The second-order valence-electron chi connectivity index (χ2n) is 25.0. The summed E-state index contributed by atoms with van der Waals surface area (Å²) in [4.78, 5) is 70.5. The lowest BCUT2D eigenvalue weighted by Crippen LogP contribution is -2.56. The van der Waals surface area contributed by atoms with Crippen molar-refractivity contribution in [1.82, 2.24) is 21.3 Å². The minimum atomic E-state index is -1.87. The molecule has 82 heavy (non-hydrogen) atoms. The number of carbonyl (C=O) groups is 6. The first kappa shape index (κ1) is 82.8. The highest BCUT2D eigenvalue weighted by Crippen LogP contribution is 2.35. The van der Waals surface area contributed by atoms with Crippen molar-refractivity contribution in [2.24, 2.45) is 0 Å². The van der Waals surface area contributed by atoms with Crippen LogP contribution in [-0.4, -0.2) is 138 Å². The highest BCUT2D eigenvalue weighted by atomic mass is 28.4. The van der Waals surface area contributed by atoms with Crippen LogP contribution in [0.4, 0.5) is 9.59 Å². The number of carbonyl (C=O) groups excluding carboxylic acids is 6. The van der Waals surface area contributed by atoms with E-state index < -0.39 is 62.9 Å². The number of esters is 2. The van der Waals surface area contributed by atoms with Gasteiger partial charge in [-0.25, -0.2) is 19.2 Å². The van der Waals surface area contributed by atoms with E-state index in [0.29, 0.717) is 57.0 Å². The van der Waals surface area contributed by atoms with Crippen LogP contribution in [0.5, 0.6) is 0 Å². The Morgan fingerprint density at radius 1 is 0.476 bits per heavy atom. The standard InChI is InChI=1S/C38H74N4O11Si2.C21H44O3Si2.CH4/c1-11-12-15-25-50-36(46)41-29-42-37(47)52-32(4)34(44)40-28-39-33(43)21-14-13-16-22-48-23-18-20-27-55(9,10)53-38(5,6)54(7,8)26-19-17-24-49-30-51-35(45)31(2)3;1-10-11-14-17-25(6,7)21(4,5)24-26(8,9)18-15-12-13-16-23-20(22)19(2)3;/h32H,2,11-30H2,1,3-10H3,(H,39,43)(H,40,44)(H,41,46)(H,42,47);2,10-18H2,1,3-9H3;1H4. The molecule has 482 valence electrons. The number of hydrogen-bond acceptors (Lipinski definition) is 14. The van der Waals surface area contributed by atoms with E-state index in [2.05, 4.69) is 121 Å². The molecule has 0 aromatic heterocycles. The van der Waals surface area contributed by atoms with Gasteiger partial charge in [-0.1, -0.05) is 137 Å². The SMILES string of the molecule is C.C=C(C)C(=O)OCCCCC[Si](C)(C)OC(C)(C)[Si](C)(C)CCCCC.C=C(C)C(=O)OCOCCCC[Si](C)(C)C(C)(C)O[Si](C)(C)CCCCOCCCCCC(=O)NCNC(=O)C(C)OC(=O)NCNC(=O)OCCCCC. The molecule has 0 rings (SSSR count). The van der Waals surface area contributed by atoms with Gasteiger partial charge in [-0.2, -0.15) is 0 Å². The lowest BCUT2D eigenvalue weighted by molar-refractivity contribution is -0.151. The van der Waals surface area contributed by atoms with Crippen LogP contribution >= 0.6 is 0 Å². The zero-order valence-electron chi connectivity index (χ0n) is 54.2. The second kappa shape index (κ2) is 45.0. The first-order chi connectivity index (χ1) is 37.7. The molecule has 0 bridgehead atoms. The Hall–Kier alpha value is -3.39. The van der Waals surface area contributed by atoms with Crippen molar-refractivity contribution in [2.45, 2.75) is 272 Å². The van der Waals surface area contributed by atoms with Crippen molar-refractivity contribution in [2.75, 3.05) is 53.2 Å². The molecule has 0 heterocycles. The molecule has 1 atom stereocenters. The molecule has 0 aliphatic heterocycles. The quantitative estimate of drug-likeness (QED) is 0.0111. The van der Waals surface area contributed by atoms with Gasteiger partial charge in [0.1, 0.15) is 0 Å². The third-order valence-electron chi connectivity index (χ3n) is 14.9. The lowest BCUT2D eigenvalue weighted by Gasteiger charge is -2.45. The summed E-state index contributed by atoms with van der Waals surface area (Å²) in [5, 5.41) is 9.70. The molecular formula is C60H122N4O14Si4. The molecule has 4 N–H and O–H groups in total. The number of alkyl carbamates (subject to hydrolysis) is 2. The first-order valence-corrected chi connectivity index (χ1v) is 42.9. The number of hydrogen-bond donors (Lipinski definition) is 4. The molecule has 0 saturated heterocycles. The van der Waals surface area contributed by atoms with Crippen molar-refractivity contribution in [3.05, 3.63) is 24.3 Å². The number of amides is 4. The summed E-state index contributed by atoms with van der Waals surface area (Å²) in [5.74, 6) is -1.47. The topological polar surface area (TPSA) is 224 Å². The van der Waals surface area contributed by atoms with E-state index >= 15 is 0 Å². The minimum absolute atomic E-state index is 0. The van der Waals surface area contributed by atoms with E-state index in [1.807, 2.05) is 6.92 Å². The van der Waals surface area contributed by atoms with Gasteiger partial charge in [-0.05, 0) is 125 Å². The van der Waals surface area contributed by atoms with Crippen molar-refractivity contribution in [3.63, 3.8) is 0 Å². The largest absolute Gasteiger partial charge is 0.462 e. The van der Waals surface area contributed by atoms with E-state index in [4.69, 9.17) is 37.3 Å². The van der Waals surface area contributed by atoms with Crippen LogP contribution in [0.25, 0.3) is 0 Å². The third kappa shape index (κ3) is 42.4. The molecular weight excluding hydrogens is 1110 g/mol. The third-order valence-corrected chi connectivity index (χ3v) is 30.4. The van der Waals surface area contributed by atoms with Crippen molar-refractivity contribution >= 4 is 68.7 Å². The van der Waals surface area contributed by atoms with Crippen LogP contribution in [0.15, 0.2) is 24.3 Å². The fraction of sp³-hybridized carbons (Fsp3) is 0.833. The van der Waals surface area contributed by atoms with Crippen molar-refractivity contribution in [3.8, 4) is 0 Å². The fourth-order valence-electron chi connectivity index (χ4n) is 8.34. The predicted molar refractivity (Wildman–Crippen MR) is 344 cm³/mol. The van der Waals surface area contributed by atoms with Gasteiger partial charge in [0.15, 0.2) is 29.5 Å². The van der Waals surface area contributed by atoms with E-state index in [1.165, 1.54) is 38.3 Å². The molecule has 0 fully saturated rings. The van der Waals surface area contributed by atoms with Gasteiger partial charge in [-0.15, -0.1) is 0 Å². The molecule has 22 heteroatoms. The number of rotatable bonds is 46. The molecule has 0 aromatic rings. The Bertz CT molecular complexity index is 1830. The lowest BCUT2D eigenvalue weighted by atomic mass is 10.2. The van der Waals surface area contributed by atoms with Gasteiger partial charge < -0.3 is 58.5 Å². The van der Waals surface area contributed by atoms with E-state index in [-0.39, 0.29) is 49.9 Å². The molecule has 1 unspecified atom stereocenters. The van der Waals surface area contributed by atoms with Crippen LogP contribution in [0, 0.1) is 0 Å². The Morgan fingerprint density at radius 2 is 0.878 bits per heavy atom. The van der Waals surface area contributed by atoms with Gasteiger partial charge in [0.25, 0.3) is 5.91 Å². The van der Waals surface area contributed by atoms with Crippen LogP contribution < -0.4 is 21.3 Å². The van der Waals surface area contributed by atoms with Crippen LogP contribution in [0.2, 0.25) is 76.6 Å². The summed E-state index contributed by atoms with van der Waals surface area (Å²) >= 11 is 0. The number of unbranched alkanes of at least 4 members (excludes halogenated alkanes) is 10. The molecule has 0 saturated carbocycles. The summed E-state index contributed by atoms with van der Waals surface area (Å²) in [5.41, 5.74) is 0.836. The van der Waals surface area contributed by atoms with Gasteiger partial charge >= 0.3 is 24.1 Å². The van der Waals surface area contributed by atoms with Crippen LogP contribution in [-0.2, 0) is 56.5 Å². The van der Waals surface area contributed by atoms with Gasteiger partial charge in [0.05, 0.1) is 49.3 Å². The maximum Gasteiger partial charge on any atom is 0.409 e. The maximum absolute atomic E-state index is 12.2. The highest BCUT2D eigenvalue weighted by molar-refractivity contribution is 6.82. The normalized spacial score (nSPS) is 12.4. The summed E-state index contributed by atoms with van der Waals surface area (Å²) in [6.45, 7) is 46.8. The molecule has 0 aliphatic rings. The highest BCUT2D eigenvalue weighted by Gasteiger charge is 2.44. The van der Waals surface area contributed by atoms with Crippen molar-refractivity contribution < 1.29 is 66.0 Å². The predicted octanol–water partition coefficient (Wildman–Crippen LogP) is 14.0. The Labute approximate surface area is 503 Å². The zero-order valence-corrected chi connectivity index (χ0v) is 58.2. The summed E-state index contributed by atoms with van der Waals surface area (Å²) < 4.78 is 45.0. The average Bonchev–Trinajstić information content (AvgIpc) is 3.42. The minimum Gasteiger partial charge on any atom is -0.462 e. The van der Waals surface area contributed by atoms with Gasteiger partial charge in [0.2, 0.25) is 5.91 Å². The number of nitrogens with one attached hydrogen (secondary N) is 4. The van der Waals surface area contributed by atoms with Crippen molar-refractivity contribution in [1.29, 1.82) is 0 Å². The average molecular weight is 1240 g/mol. The summed E-state index contributed by atoms with van der Waals surface area (Å²) in [6.07, 6.45) is 14.0. The summed E-state index contributed by atoms with van der Waals surface area (Å²) in [7, 11) is -6.66. The monoisotopic (exact) mass is 1230 g/mol. The first-order valence-electron chi connectivity index (χ1n) is 30.3. The molecule has 0 radical (unpaired) electrons. The summed E-state index contributed by atoms with van der Waals surface area (Å²) in [6, 6.07) is 4.74. The van der Waals surface area contributed by atoms with Crippen LogP contribution in [0.3, 0.4) is 0 Å². The smallest absolute Gasteiger partial charge is 0.409 e. The van der Waals surface area contributed by atoms with Crippen LogP contribution in [0.1, 0.15) is 179 Å². The molecule has 4 amide bonds. The van der Waals surface area contributed by atoms with E-state index in [9.17, 15) is 28.8 Å². The fourth-order valence-corrected chi connectivity index (χ4v) is 20.9. The molecule has 0 spiro atoms. The Morgan fingerprint density at radius 3 is 1.41 bits per heavy atom. The van der Waals surface area contributed by atoms with Gasteiger partial charge in [-0.3, -0.25) is 9.59 Å². The molecule has 0 aromatic carbocycles. The zero-order chi connectivity index (χ0) is 62.2. The van der Waals surface area contributed by atoms with E-state index in [0.717, 1.165) is 89.1 Å². The maximum atomic E-state index is 12.2. The second-order valence-corrected chi connectivity index (χ2v) is 44.4. The number of ether oxygens (including phenoxy) is 6. The Kier molecular flexibility index (Phi) is 45.4. The van der Waals surface area contributed by atoms with Gasteiger partial charge in [0, 0.05) is 41.2 Å². The molecule has 18 nitrogen and oxygen atoms in total.